The lowest BCUT2D eigenvalue weighted by Gasteiger charge is -2.18. The molecule has 6 heteroatoms. The second kappa shape index (κ2) is 6.07. The van der Waals surface area contributed by atoms with Gasteiger partial charge in [-0.2, -0.15) is 0 Å². The van der Waals surface area contributed by atoms with E-state index in [1.165, 1.54) is 0 Å². The highest BCUT2D eigenvalue weighted by atomic mass is 32.2. The normalized spacial score (nSPS) is 12.3. The van der Waals surface area contributed by atoms with Crippen LogP contribution >= 0.6 is 0 Å². The van der Waals surface area contributed by atoms with Gasteiger partial charge < -0.3 is 5.11 Å². The van der Waals surface area contributed by atoms with E-state index in [-0.39, 0.29) is 18.8 Å². The summed E-state index contributed by atoms with van der Waals surface area (Å²) in [7, 11) is -3.07. The molecule has 0 rings (SSSR count). The summed E-state index contributed by atoms with van der Waals surface area (Å²) in [6.07, 6.45) is 0. The number of aliphatic carboxylic acids is 1. The zero-order chi connectivity index (χ0) is 12.1. The molecule has 0 radical (unpaired) electrons. The van der Waals surface area contributed by atoms with E-state index in [0.29, 0.717) is 6.54 Å². The van der Waals surface area contributed by atoms with Crippen LogP contribution in [0, 0.1) is 0 Å². The van der Waals surface area contributed by atoms with Gasteiger partial charge in [0.2, 0.25) is 0 Å². The van der Waals surface area contributed by atoms with Crippen LogP contribution in [-0.2, 0) is 14.6 Å². The number of hydrogen-bond donors (Lipinski definition) is 1. The van der Waals surface area contributed by atoms with Crippen molar-refractivity contribution < 1.29 is 18.3 Å². The number of nitrogens with zero attached hydrogens (tertiary/aromatic N) is 1. The van der Waals surface area contributed by atoms with Crippen LogP contribution in [0.4, 0.5) is 0 Å². The van der Waals surface area contributed by atoms with Crippen LogP contribution < -0.4 is 0 Å². The SMILES string of the molecule is CCN(CCS(=O)(=O)C(C)C)CC(=O)O. The Morgan fingerprint density at radius 1 is 1.40 bits per heavy atom. The lowest BCUT2D eigenvalue weighted by Crippen LogP contribution is -2.35. The Bertz CT molecular complexity index is 297. The third-order valence-electron chi connectivity index (χ3n) is 2.22. The van der Waals surface area contributed by atoms with Gasteiger partial charge in [-0.05, 0) is 20.4 Å². The fraction of sp³-hybridized carbons (Fsp3) is 0.889. The maximum absolute atomic E-state index is 11.5. The molecule has 0 spiro atoms. The average molecular weight is 237 g/mol. The number of rotatable bonds is 7. The van der Waals surface area contributed by atoms with Crippen LogP contribution in [0.25, 0.3) is 0 Å². The summed E-state index contributed by atoms with van der Waals surface area (Å²) in [6, 6.07) is 0. The predicted molar refractivity (Wildman–Crippen MR) is 58.7 cm³/mol. The van der Waals surface area contributed by atoms with Gasteiger partial charge in [0.05, 0.1) is 17.5 Å². The number of hydrogen-bond acceptors (Lipinski definition) is 4. The highest BCUT2D eigenvalue weighted by molar-refractivity contribution is 7.92. The summed E-state index contributed by atoms with van der Waals surface area (Å²) >= 11 is 0. The van der Waals surface area contributed by atoms with E-state index in [4.69, 9.17) is 5.11 Å². The minimum absolute atomic E-state index is 0.0196. The van der Waals surface area contributed by atoms with Crippen LogP contribution in [-0.4, -0.2) is 55.0 Å². The topological polar surface area (TPSA) is 74.7 Å². The monoisotopic (exact) mass is 237 g/mol. The summed E-state index contributed by atoms with van der Waals surface area (Å²) in [4.78, 5) is 12.0. The van der Waals surface area contributed by atoms with Crippen molar-refractivity contribution in [2.45, 2.75) is 26.0 Å². The number of carboxylic acids is 1. The Balaban J connectivity index is 4.18. The van der Waals surface area contributed by atoms with Crippen molar-refractivity contribution in [2.75, 3.05) is 25.4 Å². The van der Waals surface area contributed by atoms with Gasteiger partial charge in [0.1, 0.15) is 0 Å². The fourth-order valence-electron chi connectivity index (χ4n) is 1.03. The van der Waals surface area contributed by atoms with Crippen molar-refractivity contribution in [3.05, 3.63) is 0 Å². The molecule has 1 N–H and O–H groups in total. The van der Waals surface area contributed by atoms with Crippen molar-refractivity contribution in [3.8, 4) is 0 Å². The van der Waals surface area contributed by atoms with E-state index in [1.807, 2.05) is 6.92 Å². The van der Waals surface area contributed by atoms with Crippen LogP contribution in [0.1, 0.15) is 20.8 Å². The molecule has 5 nitrogen and oxygen atoms in total. The first kappa shape index (κ1) is 14.4. The standard InChI is InChI=1S/C9H19NO4S/c1-4-10(7-9(11)12)5-6-15(13,14)8(2)3/h8H,4-7H2,1-3H3,(H,11,12). The number of sulfone groups is 1. The lowest BCUT2D eigenvalue weighted by molar-refractivity contribution is -0.138. The highest BCUT2D eigenvalue weighted by Crippen LogP contribution is 2.01. The average Bonchev–Trinajstić information content (AvgIpc) is 2.11. The summed E-state index contributed by atoms with van der Waals surface area (Å²) in [5, 5.41) is 8.16. The van der Waals surface area contributed by atoms with E-state index in [2.05, 4.69) is 0 Å². The molecule has 0 aromatic carbocycles. The van der Waals surface area contributed by atoms with Crippen LogP contribution in [0.5, 0.6) is 0 Å². The Hall–Kier alpha value is -0.620. The quantitative estimate of drug-likeness (QED) is 0.685. The molecule has 0 aromatic heterocycles. The molecule has 0 aliphatic heterocycles. The summed E-state index contributed by atoms with van der Waals surface area (Å²) in [5.41, 5.74) is 0. The highest BCUT2D eigenvalue weighted by Gasteiger charge is 2.18. The van der Waals surface area contributed by atoms with E-state index in [0.717, 1.165) is 0 Å². The number of carbonyl (C=O) groups is 1. The second-order valence-corrected chi connectivity index (χ2v) is 6.36. The van der Waals surface area contributed by atoms with Crippen molar-refractivity contribution >= 4 is 15.8 Å². The Kier molecular flexibility index (Phi) is 5.82. The van der Waals surface area contributed by atoms with Crippen LogP contribution in [0.15, 0.2) is 0 Å². The molecule has 0 aromatic rings. The van der Waals surface area contributed by atoms with Gasteiger partial charge in [-0.25, -0.2) is 8.42 Å². The van der Waals surface area contributed by atoms with Crippen molar-refractivity contribution in [2.24, 2.45) is 0 Å². The van der Waals surface area contributed by atoms with Gasteiger partial charge in [-0.15, -0.1) is 0 Å². The Morgan fingerprint density at radius 2 is 1.93 bits per heavy atom. The van der Waals surface area contributed by atoms with E-state index >= 15 is 0 Å². The lowest BCUT2D eigenvalue weighted by atomic mass is 10.5. The van der Waals surface area contributed by atoms with E-state index < -0.39 is 21.1 Å². The molecule has 0 heterocycles. The molecule has 0 aliphatic carbocycles. The second-order valence-electron chi connectivity index (χ2n) is 3.68. The maximum atomic E-state index is 11.5. The molecule has 0 aliphatic rings. The largest absolute Gasteiger partial charge is 0.480 e. The van der Waals surface area contributed by atoms with Crippen LogP contribution in [0.2, 0.25) is 0 Å². The number of likely N-dealkylation sites (N-methyl/N-ethyl adjacent to an activating group) is 1. The first-order valence-corrected chi connectivity index (χ1v) is 6.66. The van der Waals surface area contributed by atoms with Gasteiger partial charge in [-0.1, -0.05) is 6.92 Å². The Labute approximate surface area is 91.0 Å². The van der Waals surface area contributed by atoms with Crippen LogP contribution in [0.3, 0.4) is 0 Å². The molecule has 0 saturated heterocycles. The van der Waals surface area contributed by atoms with Gasteiger partial charge in [0.25, 0.3) is 0 Å². The molecule has 0 fully saturated rings. The van der Waals surface area contributed by atoms with Gasteiger partial charge in [0.15, 0.2) is 9.84 Å². The zero-order valence-electron chi connectivity index (χ0n) is 9.43. The minimum atomic E-state index is -3.07. The first-order chi connectivity index (χ1) is 6.79. The predicted octanol–water partition coefficient (Wildman–Crippen LogP) is 0.216. The van der Waals surface area contributed by atoms with E-state index in [9.17, 15) is 13.2 Å². The first-order valence-electron chi connectivity index (χ1n) is 4.95. The molecular weight excluding hydrogens is 218 g/mol. The summed E-state index contributed by atoms with van der Waals surface area (Å²) in [6.45, 7) is 5.78. The summed E-state index contributed by atoms with van der Waals surface area (Å²) in [5.74, 6) is -0.912. The molecule has 0 atom stereocenters. The van der Waals surface area contributed by atoms with Gasteiger partial charge in [0, 0.05) is 6.54 Å². The molecule has 0 amide bonds. The van der Waals surface area contributed by atoms with Gasteiger partial charge >= 0.3 is 5.97 Å². The van der Waals surface area contributed by atoms with Crippen molar-refractivity contribution in [1.29, 1.82) is 0 Å². The number of carboxylic acid groups (broad SMARTS) is 1. The van der Waals surface area contributed by atoms with E-state index in [1.54, 1.807) is 18.7 Å². The van der Waals surface area contributed by atoms with Crippen molar-refractivity contribution in [1.82, 2.24) is 4.90 Å². The molecule has 15 heavy (non-hydrogen) atoms. The third-order valence-corrected chi connectivity index (χ3v) is 4.40. The summed E-state index contributed by atoms with van der Waals surface area (Å²) < 4.78 is 22.9. The molecule has 0 bridgehead atoms. The zero-order valence-corrected chi connectivity index (χ0v) is 10.2. The fourth-order valence-corrected chi connectivity index (χ4v) is 2.02. The van der Waals surface area contributed by atoms with Crippen molar-refractivity contribution in [3.63, 3.8) is 0 Å². The molecule has 90 valence electrons. The maximum Gasteiger partial charge on any atom is 0.317 e. The Morgan fingerprint density at radius 3 is 2.27 bits per heavy atom. The molecule has 0 saturated carbocycles. The third kappa shape index (κ3) is 5.74. The minimum Gasteiger partial charge on any atom is -0.480 e. The molecular formula is C9H19NO4S. The smallest absolute Gasteiger partial charge is 0.317 e. The van der Waals surface area contributed by atoms with Gasteiger partial charge in [-0.3, -0.25) is 9.69 Å². The molecule has 0 unspecified atom stereocenters.